The molecule has 1 unspecified atom stereocenters. The molecule has 5 amide bonds. The molecule has 3 aliphatic carbocycles. The molecule has 14 nitrogen and oxygen atoms in total. The molecule has 3 aliphatic heterocycles. The summed E-state index contributed by atoms with van der Waals surface area (Å²) in [5, 5.41) is 3.90. The molecule has 6 aliphatic rings. The van der Waals surface area contributed by atoms with Crippen LogP contribution < -0.4 is 15.4 Å². The second-order valence-corrected chi connectivity index (χ2v) is 17.7. The molecule has 0 bridgehead atoms. The predicted octanol–water partition coefficient (Wildman–Crippen LogP) is 3.92. The predicted molar refractivity (Wildman–Crippen MR) is 188 cm³/mol. The number of ether oxygens (including phenoxy) is 2. The number of carbonyl (C=O) groups is 5. The van der Waals surface area contributed by atoms with Crippen LogP contribution in [0.15, 0.2) is 30.4 Å². The van der Waals surface area contributed by atoms with Crippen molar-refractivity contribution in [2.45, 2.75) is 138 Å². The third-order valence-corrected chi connectivity index (χ3v) is 13.4. The lowest BCUT2D eigenvalue weighted by molar-refractivity contribution is -0.141. The smallest absolute Gasteiger partial charge is 0.410 e. The summed E-state index contributed by atoms with van der Waals surface area (Å²) in [7, 11) is -4.50. The zero-order valence-electron chi connectivity index (χ0n) is 30.3. The number of sulfonamides is 1. The Balaban J connectivity index is 1.12. The Bertz CT molecular complexity index is 1850. The number of amides is 5. The van der Waals surface area contributed by atoms with Crippen LogP contribution in [-0.4, -0.2) is 95.7 Å². The summed E-state index contributed by atoms with van der Waals surface area (Å²) in [5.74, 6) is -6.79. The minimum Gasteiger partial charge on any atom is -0.446 e. The summed E-state index contributed by atoms with van der Waals surface area (Å²) in [5.41, 5.74) is -0.783. The molecule has 18 heteroatoms. The Morgan fingerprint density at radius 3 is 2.40 bits per heavy atom. The standard InChI is InChI=1S/C37H46F3N5O9S/c38-28-13-8-9-22-19-44(21-27(22)28)35(50)54-25-15-30-31(46)42-37(33(48)43-55(51,52)26-17-36(39,40)18-26)16-23(37)10-4-2-1-3-5-14-29(32(47)45(30)20-25)41-34(49)53-24-11-6-7-12-24/h4,8-10,13,23-26,29-30H,1-3,5-7,11-12,14-21H2,(H,41,49)(H,42,46)(H,43,48)/b10-4-/t23-,25-,29+,30?,37-/m1/s1. The average molecular weight is 794 g/mol. The highest BCUT2D eigenvalue weighted by Crippen LogP contribution is 2.47. The van der Waals surface area contributed by atoms with Crippen LogP contribution in [0.2, 0.25) is 0 Å². The van der Waals surface area contributed by atoms with Gasteiger partial charge in [-0.05, 0) is 63.0 Å². The first-order valence-corrected chi connectivity index (χ1v) is 20.6. The number of nitrogens with zero attached hydrogens (tertiary/aromatic N) is 2. The van der Waals surface area contributed by atoms with E-state index in [0.717, 1.165) is 12.8 Å². The van der Waals surface area contributed by atoms with Crippen LogP contribution in [0, 0.1) is 11.7 Å². The monoisotopic (exact) mass is 793 g/mol. The third-order valence-electron chi connectivity index (χ3n) is 11.7. The summed E-state index contributed by atoms with van der Waals surface area (Å²) in [4.78, 5) is 71.2. The summed E-state index contributed by atoms with van der Waals surface area (Å²) in [6.45, 7) is -0.197. The van der Waals surface area contributed by atoms with Crippen molar-refractivity contribution in [3.05, 3.63) is 47.3 Å². The van der Waals surface area contributed by atoms with Gasteiger partial charge in [-0.2, -0.15) is 0 Å². The number of alkyl halides is 2. The van der Waals surface area contributed by atoms with E-state index in [1.807, 2.05) is 10.8 Å². The number of halogens is 3. The van der Waals surface area contributed by atoms with Gasteiger partial charge < -0.3 is 25.0 Å². The maximum Gasteiger partial charge on any atom is 0.410 e. The van der Waals surface area contributed by atoms with E-state index in [-0.39, 0.29) is 45.0 Å². The van der Waals surface area contributed by atoms with E-state index >= 15 is 0 Å². The molecule has 1 aromatic carbocycles. The molecule has 3 N–H and O–H groups in total. The summed E-state index contributed by atoms with van der Waals surface area (Å²) in [6.07, 6.45) is 4.61. The zero-order valence-corrected chi connectivity index (χ0v) is 31.1. The molecular formula is C37H46F3N5O9S. The maximum atomic E-state index is 14.4. The van der Waals surface area contributed by atoms with E-state index in [9.17, 15) is 45.6 Å². The molecule has 1 aromatic rings. The molecule has 0 spiro atoms. The van der Waals surface area contributed by atoms with Gasteiger partial charge in [0.1, 0.15) is 35.6 Å². The van der Waals surface area contributed by atoms with Crippen molar-refractivity contribution in [3.8, 4) is 0 Å². The minimum atomic E-state index is -4.50. The molecular weight excluding hydrogens is 747 g/mol. The van der Waals surface area contributed by atoms with Gasteiger partial charge in [-0.25, -0.2) is 31.2 Å². The number of benzene rings is 1. The van der Waals surface area contributed by atoms with Gasteiger partial charge in [0.05, 0.1) is 18.3 Å². The number of rotatable bonds is 6. The van der Waals surface area contributed by atoms with Crippen molar-refractivity contribution in [2.24, 2.45) is 5.92 Å². The number of fused-ring (bicyclic) bond motifs is 3. The first-order chi connectivity index (χ1) is 26.1. The molecule has 3 heterocycles. The molecule has 300 valence electrons. The van der Waals surface area contributed by atoms with Gasteiger partial charge >= 0.3 is 12.2 Å². The van der Waals surface area contributed by atoms with Gasteiger partial charge in [0.25, 0.3) is 11.8 Å². The number of allylic oxidation sites excluding steroid dienone is 1. The fourth-order valence-corrected chi connectivity index (χ4v) is 9.89. The Hall–Kier alpha value is -4.35. The van der Waals surface area contributed by atoms with Gasteiger partial charge in [-0.3, -0.25) is 24.0 Å². The SMILES string of the molecule is O=C(N[C@H]1CCCCC/C=C\[C@@H]2C[C@@]2(C(=O)NS(=O)(=O)C2CC(F)(F)C2)NC(=O)C2C[C@@H](OC(=O)N3Cc4cccc(F)c4C3)CN2C1=O)OC1CCCC1. The Morgan fingerprint density at radius 1 is 0.927 bits per heavy atom. The van der Waals surface area contributed by atoms with Crippen LogP contribution >= 0.6 is 0 Å². The molecule has 4 fully saturated rings. The van der Waals surface area contributed by atoms with Crippen molar-refractivity contribution >= 4 is 39.9 Å². The quantitative estimate of drug-likeness (QED) is 0.360. The fraction of sp³-hybridized carbons (Fsp3) is 0.649. The normalized spacial score (nSPS) is 30.4. The van der Waals surface area contributed by atoms with Crippen LogP contribution in [0.5, 0.6) is 0 Å². The first kappa shape index (κ1) is 38.9. The second kappa shape index (κ2) is 15.3. The van der Waals surface area contributed by atoms with Crippen molar-refractivity contribution in [3.63, 3.8) is 0 Å². The Morgan fingerprint density at radius 2 is 1.67 bits per heavy atom. The van der Waals surface area contributed by atoms with E-state index < -0.39 is 99.4 Å². The number of nitrogens with one attached hydrogen (secondary N) is 3. The van der Waals surface area contributed by atoms with Crippen LogP contribution in [0.25, 0.3) is 0 Å². The van der Waals surface area contributed by atoms with Gasteiger partial charge in [0, 0.05) is 37.3 Å². The van der Waals surface area contributed by atoms with Gasteiger partial charge in [0.2, 0.25) is 21.8 Å². The van der Waals surface area contributed by atoms with Gasteiger partial charge in [0.15, 0.2) is 0 Å². The van der Waals surface area contributed by atoms with Crippen molar-refractivity contribution in [1.29, 1.82) is 0 Å². The van der Waals surface area contributed by atoms with E-state index in [1.165, 1.54) is 21.9 Å². The Labute approximate surface area is 316 Å². The lowest BCUT2D eigenvalue weighted by Gasteiger charge is -2.34. The zero-order chi connectivity index (χ0) is 39.1. The molecule has 7 rings (SSSR count). The maximum absolute atomic E-state index is 14.4. The molecule has 55 heavy (non-hydrogen) atoms. The summed E-state index contributed by atoms with van der Waals surface area (Å²) >= 11 is 0. The highest BCUT2D eigenvalue weighted by molar-refractivity contribution is 7.90. The molecule has 0 aromatic heterocycles. The van der Waals surface area contributed by atoms with Crippen molar-refractivity contribution in [2.75, 3.05) is 6.54 Å². The summed E-state index contributed by atoms with van der Waals surface area (Å²) < 4.78 is 80.7. The number of carbonyl (C=O) groups excluding carboxylic acids is 5. The fourth-order valence-electron chi connectivity index (χ4n) is 8.36. The highest BCUT2D eigenvalue weighted by atomic mass is 32.2. The Kier molecular flexibility index (Phi) is 10.8. The van der Waals surface area contributed by atoms with Gasteiger partial charge in [-0.15, -0.1) is 0 Å². The van der Waals surface area contributed by atoms with E-state index in [1.54, 1.807) is 12.1 Å². The van der Waals surface area contributed by atoms with Gasteiger partial charge in [-0.1, -0.05) is 37.1 Å². The molecule has 3 saturated carbocycles. The largest absolute Gasteiger partial charge is 0.446 e. The molecule has 0 radical (unpaired) electrons. The van der Waals surface area contributed by atoms with Crippen LogP contribution in [-0.2, 0) is 47.0 Å². The summed E-state index contributed by atoms with van der Waals surface area (Å²) in [6, 6.07) is 2.11. The van der Waals surface area contributed by atoms with Crippen LogP contribution in [0.3, 0.4) is 0 Å². The lowest BCUT2D eigenvalue weighted by Crippen LogP contribution is -2.59. The van der Waals surface area contributed by atoms with Crippen LogP contribution in [0.4, 0.5) is 22.8 Å². The lowest BCUT2D eigenvalue weighted by atomic mass is 9.94. The molecule has 5 atom stereocenters. The third kappa shape index (κ3) is 8.43. The number of alkyl carbamates (subject to hydrolysis) is 1. The highest BCUT2D eigenvalue weighted by Gasteiger charge is 2.63. The van der Waals surface area contributed by atoms with E-state index in [0.29, 0.717) is 49.7 Å². The molecule has 1 saturated heterocycles. The van der Waals surface area contributed by atoms with Crippen molar-refractivity contribution < 1.29 is 55.0 Å². The van der Waals surface area contributed by atoms with Crippen molar-refractivity contribution in [1.82, 2.24) is 25.2 Å². The number of hydrogen-bond donors (Lipinski definition) is 3. The topological polar surface area (TPSA) is 181 Å². The van der Waals surface area contributed by atoms with E-state index in [2.05, 4.69) is 10.6 Å². The number of hydrogen-bond acceptors (Lipinski definition) is 9. The minimum absolute atomic E-state index is 0.0137. The average Bonchev–Trinajstić information content (AvgIpc) is 3.53. The van der Waals surface area contributed by atoms with Crippen LogP contribution in [0.1, 0.15) is 94.6 Å². The first-order valence-electron chi connectivity index (χ1n) is 19.1. The second-order valence-electron chi connectivity index (χ2n) is 15.7. The van der Waals surface area contributed by atoms with E-state index in [4.69, 9.17) is 9.47 Å².